The second-order valence-corrected chi connectivity index (χ2v) is 5.27. The number of amides is 1. The van der Waals surface area contributed by atoms with Gasteiger partial charge in [0.25, 0.3) is 0 Å². The molecule has 1 amide bonds. The lowest BCUT2D eigenvalue weighted by Gasteiger charge is -2.22. The molecule has 1 heterocycles. The molecule has 21 heavy (non-hydrogen) atoms. The topological polar surface area (TPSA) is 68.7 Å². The van der Waals surface area contributed by atoms with Gasteiger partial charge in [0.05, 0.1) is 6.07 Å². The fraction of sp³-hybridized carbons (Fsp3) is 0.412. The number of nitriles is 1. The fourth-order valence-electron chi connectivity index (χ4n) is 2.60. The highest BCUT2D eigenvalue weighted by Gasteiger charge is 2.34. The number of hydrogen-bond donors (Lipinski definition) is 2. The summed E-state index contributed by atoms with van der Waals surface area (Å²) in [6.07, 6.45) is 3.82. The fourth-order valence-corrected chi connectivity index (χ4v) is 2.60. The highest BCUT2D eigenvalue weighted by Crippen LogP contribution is 2.25. The predicted molar refractivity (Wildman–Crippen MR) is 83.6 cm³/mol. The van der Waals surface area contributed by atoms with Gasteiger partial charge in [-0.2, -0.15) is 5.26 Å². The molecule has 0 aliphatic heterocycles. The van der Waals surface area contributed by atoms with Gasteiger partial charge in [0.15, 0.2) is 0 Å². The molecule has 0 radical (unpaired) electrons. The molecule has 0 aliphatic rings. The third-order valence-corrected chi connectivity index (χ3v) is 4.21. The predicted octanol–water partition coefficient (Wildman–Crippen LogP) is 3.16. The van der Waals surface area contributed by atoms with E-state index in [4.69, 9.17) is 0 Å². The normalized spacial score (nSPS) is 11.3. The number of rotatable bonds is 6. The van der Waals surface area contributed by atoms with Gasteiger partial charge in [-0.15, -0.1) is 0 Å². The molecule has 0 bridgehead atoms. The summed E-state index contributed by atoms with van der Waals surface area (Å²) in [6.45, 7) is 4.31. The number of aromatic nitrogens is 1. The molecule has 0 spiro atoms. The summed E-state index contributed by atoms with van der Waals surface area (Å²) >= 11 is 0. The van der Waals surface area contributed by atoms with Gasteiger partial charge >= 0.3 is 0 Å². The quantitative estimate of drug-likeness (QED) is 0.855. The molecule has 0 fully saturated rings. The number of aromatic amines is 1. The lowest BCUT2D eigenvalue weighted by molar-refractivity contribution is -0.128. The number of benzene rings is 1. The number of carbonyl (C=O) groups is 1. The number of nitrogens with one attached hydrogen (secondary N) is 2. The molecule has 2 aromatic rings. The maximum absolute atomic E-state index is 12.2. The van der Waals surface area contributed by atoms with E-state index in [0.29, 0.717) is 19.4 Å². The summed E-state index contributed by atoms with van der Waals surface area (Å²) in [5.41, 5.74) is 1.40. The molecule has 0 atom stereocenters. The summed E-state index contributed by atoms with van der Waals surface area (Å²) < 4.78 is 0. The maximum atomic E-state index is 12.2. The summed E-state index contributed by atoms with van der Waals surface area (Å²) in [5, 5.41) is 13.3. The molecule has 1 aromatic carbocycles. The Balaban J connectivity index is 1.99. The lowest BCUT2D eigenvalue weighted by atomic mass is 9.83. The van der Waals surface area contributed by atoms with E-state index in [1.54, 1.807) is 0 Å². The highest BCUT2D eigenvalue weighted by molar-refractivity contribution is 5.85. The number of fused-ring (bicyclic) bond motifs is 1. The molecule has 0 saturated carbocycles. The standard InChI is InChI=1S/C17H21N3O/c1-3-17(4-2,12-18)16(21)19-10-9-13-11-20-15-8-6-5-7-14(13)15/h5-8,11,20H,3-4,9-10H2,1-2H3,(H,19,21). The zero-order valence-corrected chi connectivity index (χ0v) is 12.6. The van der Waals surface area contributed by atoms with Gasteiger partial charge in [0.1, 0.15) is 5.41 Å². The van der Waals surface area contributed by atoms with Gasteiger partial charge in [-0.05, 0) is 30.9 Å². The van der Waals surface area contributed by atoms with Gasteiger partial charge < -0.3 is 10.3 Å². The van der Waals surface area contributed by atoms with Crippen molar-refractivity contribution in [3.05, 3.63) is 36.0 Å². The molecule has 4 heteroatoms. The van der Waals surface area contributed by atoms with Crippen LogP contribution in [0.3, 0.4) is 0 Å². The van der Waals surface area contributed by atoms with E-state index < -0.39 is 5.41 Å². The highest BCUT2D eigenvalue weighted by atomic mass is 16.2. The van der Waals surface area contributed by atoms with E-state index in [1.165, 1.54) is 10.9 Å². The third-order valence-electron chi connectivity index (χ3n) is 4.21. The van der Waals surface area contributed by atoms with E-state index in [2.05, 4.69) is 22.4 Å². The van der Waals surface area contributed by atoms with Crippen LogP contribution in [-0.4, -0.2) is 17.4 Å². The molecular formula is C17H21N3O. The van der Waals surface area contributed by atoms with Crippen molar-refractivity contribution in [2.24, 2.45) is 5.41 Å². The summed E-state index contributed by atoms with van der Waals surface area (Å²) in [7, 11) is 0. The first-order valence-corrected chi connectivity index (χ1v) is 7.41. The van der Waals surface area contributed by atoms with Crippen LogP contribution in [0.1, 0.15) is 32.3 Å². The maximum Gasteiger partial charge on any atom is 0.240 e. The second kappa shape index (κ2) is 6.45. The smallest absolute Gasteiger partial charge is 0.240 e. The van der Waals surface area contributed by atoms with E-state index in [1.807, 2.05) is 38.2 Å². The number of nitrogens with zero attached hydrogens (tertiary/aromatic N) is 1. The first-order valence-electron chi connectivity index (χ1n) is 7.41. The van der Waals surface area contributed by atoms with Crippen LogP contribution < -0.4 is 5.32 Å². The average Bonchev–Trinajstić information content (AvgIpc) is 2.93. The summed E-state index contributed by atoms with van der Waals surface area (Å²) in [4.78, 5) is 15.4. The molecule has 4 nitrogen and oxygen atoms in total. The zero-order chi connectivity index (χ0) is 15.3. The van der Waals surface area contributed by atoms with Crippen LogP contribution in [-0.2, 0) is 11.2 Å². The van der Waals surface area contributed by atoms with Gasteiger partial charge in [0, 0.05) is 23.6 Å². The Labute approximate surface area is 125 Å². The minimum Gasteiger partial charge on any atom is -0.361 e. The van der Waals surface area contributed by atoms with Crippen molar-refractivity contribution >= 4 is 16.8 Å². The number of carbonyl (C=O) groups excluding carboxylic acids is 1. The van der Waals surface area contributed by atoms with Gasteiger partial charge in [-0.3, -0.25) is 4.79 Å². The van der Waals surface area contributed by atoms with Crippen molar-refractivity contribution in [3.8, 4) is 6.07 Å². The van der Waals surface area contributed by atoms with Crippen LogP contribution in [0.25, 0.3) is 10.9 Å². The largest absolute Gasteiger partial charge is 0.361 e. The van der Waals surface area contributed by atoms with E-state index >= 15 is 0 Å². The van der Waals surface area contributed by atoms with Crippen LogP contribution in [0.4, 0.5) is 0 Å². The van der Waals surface area contributed by atoms with Crippen LogP contribution in [0.2, 0.25) is 0 Å². The Kier molecular flexibility index (Phi) is 4.64. The van der Waals surface area contributed by atoms with Crippen molar-refractivity contribution in [2.45, 2.75) is 33.1 Å². The Hall–Kier alpha value is -2.28. The van der Waals surface area contributed by atoms with Gasteiger partial charge in [-0.1, -0.05) is 32.0 Å². The molecular weight excluding hydrogens is 262 g/mol. The minimum absolute atomic E-state index is 0.158. The first-order chi connectivity index (χ1) is 10.2. The number of para-hydroxylation sites is 1. The van der Waals surface area contributed by atoms with Crippen LogP contribution >= 0.6 is 0 Å². The molecule has 110 valence electrons. The molecule has 0 aliphatic carbocycles. The van der Waals surface area contributed by atoms with Crippen LogP contribution in [0.5, 0.6) is 0 Å². The minimum atomic E-state index is -0.889. The van der Waals surface area contributed by atoms with Crippen molar-refractivity contribution in [2.75, 3.05) is 6.54 Å². The molecule has 0 saturated heterocycles. The summed E-state index contributed by atoms with van der Waals surface area (Å²) in [6, 6.07) is 10.3. The Morgan fingerprint density at radius 1 is 1.33 bits per heavy atom. The van der Waals surface area contributed by atoms with E-state index in [9.17, 15) is 10.1 Å². The number of H-pyrrole nitrogens is 1. The van der Waals surface area contributed by atoms with Crippen LogP contribution in [0, 0.1) is 16.7 Å². The average molecular weight is 283 g/mol. The Morgan fingerprint density at radius 3 is 2.71 bits per heavy atom. The molecule has 1 aromatic heterocycles. The first kappa shape index (κ1) is 15.1. The zero-order valence-electron chi connectivity index (χ0n) is 12.6. The van der Waals surface area contributed by atoms with Crippen molar-refractivity contribution in [1.82, 2.24) is 10.3 Å². The van der Waals surface area contributed by atoms with Gasteiger partial charge in [-0.25, -0.2) is 0 Å². The number of hydrogen-bond acceptors (Lipinski definition) is 2. The van der Waals surface area contributed by atoms with Crippen LogP contribution in [0.15, 0.2) is 30.5 Å². The molecule has 2 rings (SSSR count). The molecule has 0 unspecified atom stereocenters. The van der Waals surface area contributed by atoms with Crippen molar-refractivity contribution < 1.29 is 4.79 Å². The Morgan fingerprint density at radius 2 is 2.05 bits per heavy atom. The van der Waals surface area contributed by atoms with Crippen molar-refractivity contribution in [1.29, 1.82) is 5.26 Å². The Bertz CT molecular complexity index is 662. The SMILES string of the molecule is CCC(C#N)(CC)C(=O)NCCc1c[nH]c2ccccc12. The van der Waals surface area contributed by atoms with E-state index in [0.717, 1.165) is 11.9 Å². The van der Waals surface area contributed by atoms with Gasteiger partial charge in [0.2, 0.25) is 5.91 Å². The van der Waals surface area contributed by atoms with Crippen molar-refractivity contribution in [3.63, 3.8) is 0 Å². The molecule has 2 N–H and O–H groups in total. The lowest BCUT2D eigenvalue weighted by Crippen LogP contribution is -2.40. The van der Waals surface area contributed by atoms with E-state index in [-0.39, 0.29) is 5.91 Å². The monoisotopic (exact) mass is 283 g/mol. The third kappa shape index (κ3) is 2.92. The second-order valence-electron chi connectivity index (χ2n) is 5.27. The summed E-state index contributed by atoms with van der Waals surface area (Å²) in [5.74, 6) is -0.158.